The molecule has 1 heterocycles. The molecule has 1 atom stereocenters. The largest absolute Gasteiger partial charge is 0.481 e. The second kappa shape index (κ2) is 3.66. The molecule has 0 aliphatic heterocycles. The van der Waals surface area contributed by atoms with Crippen LogP contribution in [0.3, 0.4) is 0 Å². The van der Waals surface area contributed by atoms with Crippen molar-refractivity contribution in [3.8, 4) is 0 Å². The van der Waals surface area contributed by atoms with Gasteiger partial charge in [-0.2, -0.15) is 18.3 Å². The van der Waals surface area contributed by atoms with Crippen molar-refractivity contribution < 1.29 is 31.9 Å². The van der Waals surface area contributed by atoms with Gasteiger partial charge in [-0.1, -0.05) is 0 Å². The lowest BCUT2D eigenvalue weighted by Gasteiger charge is -2.19. The van der Waals surface area contributed by atoms with Crippen LogP contribution in [0.4, 0.5) is 22.0 Å². The van der Waals surface area contributed by atoms with E-state index in [0.717, 1.165) is 0 Å². The highest BCUT2D eigenvalue weighted by molar-refractivity contribution is 5.67. The van der Waals surface area contributed by atoms with Crippen molar-refractivity contribution in [2.45, 2.75) is 24.9 Å². The predicted octanol–water partition coefficient (Wildman–Crippen LogP) is 2.17. The molecule has 1 aromatic rings. The van der Waals surface area contributed by atoms with Gasteiger partial charge in [-0.3, -0.25) is 9.89 Å². The number of halogens is 5. The number of aromatic nitrogens is 2. The highest BCUT2D eigenvalue weighted by Gasteiger charge is 2.56. The Labute approximate surface area is 96.8 Å². The Morgan fingerprint density at radius 2 is 2.11 bits per heavy atom. The average molecular weight is 270 g/mol. The van der Waals surface area contributed by atoms with Gasteiger partial charge in [0.1, 0.15) is 0 Å². The van der Waals surface area contributed by atoms with Crippen molar-refractivity contribution in [3.63, 3.8) is 0 Å². The van der Waals surface area contributed by atoms with E-state index in [4.69, 9.17) is 5.11 Å². The fourth-order valence-corrected chi connectivity index (χ4v) is 2.08. The number of H-pyrrole nitrogens is 1. The molecule has 0 amide bonds. The van der Waals surface area contributed by atoms with E-state index in [0.29, 0.717) is 0 Å². The first-order valence-electron chi connectivity index (χ1n) is 4.88. The van der Waals surface area contributed by atoms with Gasteiger partial charge in [0.25, 0.3) is 5.92 Å². The van der Waals surface area contributed by atoms with Crippen molar-refractivity contribution >= 4 is 5.97 Å². The molecule has 18 heavy (non-hydrogen) atoms. The Morgan fingerprint density at radius 1 is 1.50 bits per heavy atom. The van der Waals surface area contributed by atoms with E-state index in [1.165, 1.54) is 0 Å². The van der Waals surface area contributed by atoms with Crippen molar-refractivity contribution in [1.29, 1.82) is 0 Å². The third-order valence-electron chi connectivity index (χ3n) is 2.83. The van der Waals surface area contributed by atoms with Crippen LogP contribution in [0.5, 0.6) is 0 Å². The molecule has 0 spiro atoms. The zero-order chi connectivity index (χ0) is 13.7. The number of carbonyl (C=O) groups is 1. The number of aromatic amines is 1. The van der Waals surface area contributed by atoms with Gasteiger partial charge in [-0.05, 0) is 6.42 Å². The zero-order valence-electron chi connectivity index (χ0n) is 8.68. The molecule has 1 aliphatic carbocycles. The number of carboxylic acids is 1. The monoisotopic (exact) mass is 270 g/mol. The number of fused-ring (bicyclic) bond motifs is 1. The SMILES string of the molecule is O=C(O)CC1Cc2[nH]nc(C(F)(F)F)c2C1(F)F. The molecule has 1 aliphatic rings. The molecular weight excluding hydrogens is 263 g/mol. The molecule has 0 fully saturated rings. The maximum Gasteiger partial charge on any atom is 0.435 e. The summed E-state index contributed by atoms with van der Waals surface area (Å²) < 4.78 is 65.0. The summed E-state index contributed by atoms with van der Waals surface area (Å²) >= 11 is 0. The van der Waals surface area contributed by atoms with Gasteiger partial charge in [0.15, 0.2) is 5.69 Å². The standard InChI is InChI=1S/C9H7F5N2O2/c10-8(11)3(2-5(17)18)1-4-6(8)7(16-15-4)9(12,13)14/h3H,1-2H2,(H,15,16)(H,17,18). The summed E-state index contributed by atoms with van der Waals surface area (Å²) in [6.07, 6.45) is -6.35. The lowest BCUT2D eigenvalue weighted by molar-refractivity contribution is -0.149. The van der Waals surface area contributed by atoms with Crippen molar-refractivity contribution in [2.75, 3.05) is 0 Å². The lowest BCUT2D eigenvalue weighted by atomic mass is 9.98. The van der Waals surface area contributed by atoms with E-state index in [-0.39, 0.29) is 5.69 Å². The fraction of sp³-hybridized carbons (Fsp3) is 0.556. The molecule has 9 heteroatoms. The molecular formula is C9H7F5N2O2. The molecule has 4 nitrogen and oxygen atoms in total. The van der Waals surface area contributed by atoms with Crippen molar-refractivity contribution in [3.05, 3.63) is 17.0 Å². The minimum Gasteiger partial charge on any atom is -0.481 e. The normalized spacial score (nSPS) is 21.9. The average Bonchev–Trinajstić information content (AvgIpc) is 2.67. The number of alkyl halides is 5. The molecule has 100 valence electrons. The van der Waals surface area contributed by atoms with E-state index < -0.39 is 48.1 Å². The smallest absolute Gasteiger partial charge is 0.435 e. The Balaban J connectivity index is 2.43. The molecule has 2 N–H and O–H groups in total. The van der Waals surface area contributed by atoms with Crippen LogP contribution in [0.1, 0.15) is 23.4 Å². The summed E-state index contributed by atoms with van der Waals surface area (Å²) in [5, 5.41) is 13.2. The number of hydrogen-bond donors (Lipinski definition) is 2. The second-order valence-electron chi connectivity index (χ2n) is 4.05. The topological polar surface area (TPSA) is 66.0 Å². The van der Waals surface area contributed by atoms with E-state index in [1.807, 2.05) is 5.10 Å². The van der Waals surface area contributed by atoms with Crippen molar-refractivity contribution in [2.24, 2.45) is 5.92 Å². The van der Waals surface area contributed by atoms with Crippen LogP contribution in [0.2, 0.25) is 0 Å². The van der Waals surface area contributed by atoms with Gasteiger partial charge >= 0.3 is 12.1 Å². The van der Waals surface area contributed by atoms with Crippen LogP contribution in [0, 0.1) is 5.92 Å². The van der Waals surface area contributed by atoms with Crippen LogP contribution < -0.4 is 0 Å². The number of nitrogens with zero attached hydrogens (tertiary/aromatic N) is 1. The second-order valence-corrected chi connectivity index (χ2v) is 4.05. The Bertz CT molecular complexity index is 494. The van der Waals surface area contributed by atoms with Crippen LogP contribution in [0.25, 0.3) is 0 Å². The number of aliphatic carboxylic acids is 1. The molecule has 1 aromatic heterocycles. The molecule has 0 aromatic carbocycles. The van der Waals surface area contributed by atoms with Crippen LogP contribution >= 0.6 is 0 Å². The van der Waals surface area contributed by atoms with Crippen molar-refractivity contribution in [1.82, 2.24) is 10.2 Å². The van der Waals surface area contributed by atoms with Gasteiger partial charge in [-0.15, -0.1) is 0 Å². The van der Waals surface area contributed by atoms with Gasteiger partial charge in [0.2, 0.25) is 0 Å². The minimum absolute atomic E-state index is 0.349. The van der Waals surface area contributed by atoms with Gasteiger partial charge < -0.3 is 5.11 Å². The maximum atomic E-state index is 13.8. The lowest BCUT2D eigenvalue weighted by Crippen LogP contribution is -2.26. The highest BCUT2D eigenvalue weighted by atomic mass is 19.4. The fourth-order valence-electron chi connectivity index (χ4n) is 2.08. The number of rotatable bonds is 2. The Morgan fingerprint density at radius 3 is 2.61 bits per heavy atom. The molecule has 0 saturated heterocycles. The van der Waals surface area contributed by atoms with E-state index in [1.54, 1.807) is 0 Å². The summed E-state index contributed by atoms with van der Waals surface area (Å²) in [7, 11) is 0. The summed E-state index contributed by atoms with van der Waals surface area (Å²) in [6.45, 7) is 0. The highest BCUT2D eigenvalue weighted by Crippen LogP contribution is 2.50. The summed E-state index contributed by atoms with van der Waals surface area (Å²) in [6, 6.07) is 0. The first-order valence-corrected chi connectivity index (χ1v) is 4.88. The minimum atomic E-state index is -4.99. The molecule has 1 unspecified atom stereocenters. The van der Waals surface area contributed by atoms with Crippen LogP contribution in [-0.4, -0.2) is 21.3 Å². The van der Waals surface area contributed by atoms with E-state index in [2.05, 4.69) is 5.10 Å². The predicted molar refractivity (Wildman–Crippen MR) is 46.9 cm³/mol. The summed E-state index contributed by atoms with van der Waals surface area (Å²) in [4.78, 5) is 10.4. The van der Waals surface area contributed by atoms with E-state index in [9.17, 15) is 26.7 Å². The number of hydrogen-bond acceptors (Lipinski definition) is 2. The molecule has 2 rings (SSSR count). The number of nitrogens with one attached hydrogen (secondary N) is 1. The Kier molecular flexibility index (Phi) is 2.60. The first-order chi connectivity index (χ1) is 8.14. The first kappa shape index (κ1) is 12.8. The summed E-state index contributed by atoms with van der Waals surface area (Å²) in [5.74, 6) is -7.00. The van der Waals surface area contributed by atoms with Gasteiger partial charge in [0, 0.05) is 11.6 Å². The molecule has 0 radical (unpaired) electrons. The molecule has 0 saturated carbocycles. The zero-order valence-corrected chi connectivity index (χ0v) is 8.68. The summed E-state index contributed by atoms with van der Waals surface area (Å²) in [5.41, 5.74) is -3.24. The van der Waals surface area contributed by atoms with E-state index >= 15 is 0 Å². The third kappa shape index (κ3) is 1.83. The maximum absolute atomic E-state index is 13.8. The Hall–Kier alpha value is -1.67. The van der Waals surface area contributed by atoms with Gasteiger partial charge in [-0.25, -0.2) is 8.78 Å². The van der Waals surface area contributed by atoms with Crippen LogP contribution in [-0.2, 0) is 23.3 Å². The number of carboxylic acid groups (broad SMARTS) is 1. The quantitative estimate of drug-likeness (QED) is 0.809. The molecule has 0 bridgehead atoms. The third-order valence-corrected chi connectivity index (χ3v) is 2.83. The van der Waals surface area contributed by atoms with Crippen LogP contribution in [0.15, 0.2) is 0 Å². The van der Waals surface area contributed by atoms with Gasteiger partial charge in [0.05, 0.1) is 12.0 Å².